The van der Waals surface area contributed by atoms with E-state index in [-0.39, 0.29) is 31.7 Å². The van der Waals surface area contributed by atoms with Crippen LogP contribution >= 0.6 is 11.8 Å². The van der Waals surface area contributed by atoms with Crippen LogP contribution in [0.2, 0.25) is 0 Å². The number of amidine groups is 1. The molecule has 1 atom stereocenters. The molecule has 2 N–H and O–H groups in total. The number of amides is 2. The summed E-state index contributed by atoms with van der Waals surface area (Å²) < 4.78 is 5.52. The van der Waals surface area contributed by atoms with Gasteiger partial charge in [0.15, 0.2) is 0 Å². The van der Waals surface area contributed by atoms with Crippen LogP contribution in [-0.4, -0.2) is 116 Å². The number of ether oxygens (including phenoxy) is 1. The summed E-state index contributed by atoms with van der Waals surface area (Å²) in [5.41, 5.74) is 2.01. The molecule has 2 aliphatic heterocycles. The molecule has 1 saturated heterocycles. The smallest absolute Gasteiger partial charge is 0.246 e. The molecule has 0 radical (unpaired) electrons. The molecular weight excluding hydrogens is 530 g/mol. The molecule has 2 amide bonds. The molecule has 10 nitrogen and oxygen atoms in total. The summed E-state index contributed by atoms with van der Waals surface area (Å²) in [6, 6.07) is 16.4. The maximum Gasteiger partial charge on any atom is 0.246 e. The van der Waals surface area contributed by atoms with Crippen LogP contribution in [0.1, 0.15) is 5.56 Å². The van der Waals surface area contributed by atoms with Gasteiger partial charge >= 0.3 is 0 Å². The second-order valence-corrected chi connectivity index (χ2v) is 10.6. The average molecular weight is 566 g/mol. The van der Waals surface area contributed by atoms with E-state index in [0.29, 0.717) is 32.5 Å². The van der Waals surface area contributed by atoms with E-state index in [1.165, 1.54) is 11.9 Å². The maximum atomic E-state index is 12.7. The number of aliphatic hydroxyl groups is 1. The number of rotatable bonds is 11. The van der Waals surface area contributed by atoms with Crippen LogP contribution in [0.15, 0.2) is 75.5 Å². The van der Waals surface area contributed by atoms with Gasteiger partial charge in [-0.25, -0.2) is 4.99 Å². The third kappa shape index (κ3) is 7.79. The van der Waals surface area contributed by atoms with Crippen molar-refractivity contribution in [1.82, 2.24) is 20.0 Å². The SMILES string of the molecule is CN(CC(=O)NCC1CN(C2=Nc3ccccc3Sc3ccccc32)CCN1CCOCCO)C(=O)/C=C\C=O. The first kappa shape index (κ1) is 29.5. The lowest BCUT2D eigenvalue weighted by molar-refractivity contribution is -0.131. The number of allylic oxidation sites excluding steroid dienone is 1. The summed E-state index contributed by atoms with van der Waals surface area (Å²) in [5.74, 6) is 0.205. The summed E-state index contributed by atoms with van der Waals surface area (Å²) in [5, 5.41) is 12.0. The molecule has 1 fully saturated rings. The number of para-hydroxylation sites is 1. The Bertz CT molecular complexity index is 1250. The zero-order valence-corrected chi connectivity index (χ0v) is 23.4. The van der Waals surface area contributed by atoms with Crippen molar-refractivity contribution in [1.29, 1.82) is 0 Å². The first-order chi connectivity index (χ1) is 19.5. The molecule has 11 heteroatoms. The fourth-order valence-electron chi connectivity index (χ4n) is 4.66. The molecule has 40 heavy (non-hydrogen) atoms. The molecule has 2 aromatic rings. The number of aliphatic hydroxyl groups excluding tert-OH is 1. The minimum Gasteiger partial charge on any atom is -0.394 e. The zero-order chi connectivity index (χ0) is 28.3. The van der Waals surface area contributed by atoms with Gasteiger partial charge in [-0.15, -0.1) is 0 Å². The van der Waals surface area contributed by atoms with Crippen molar-refractivity contribution in [3.63, 3.8) is 0 Å². The fraction of sp³-hybridized carbons (Fsp3) is 0.379. The predicted molar refractivity (Wildman–Crippen MR) is 154 cm³/mol. The van der Waals surface area contributed by atoms with Crippen molar-refractivity contribution in [3.05, 3.63) is 66.2 Å². The third-order valence-electron chi connectivity index (χ3n) is 6.71. The first-order valence-electron chi connectivity index (χ1n) is 13.3. The highest BCUT2D eigenvalue weighted by Crippen LogP contribution is 2.40. The number of benzene rings is 2. The summed E-state index contributed by atoms with van der Waals surface area (Å²) in [6.07, 6.45) is 2.76. The lowest BCUT2D eigenvalue weighted by Crippen LogP contribution is -2.59. The Morgan fingerprint density at radius 3 is 2.73 bits per heavy atom. The summed E-state index contributed by atoms with van der Waals surface area (Å²) in [4.78, 5) is 48.4. The Hall–Kier alpha value is -3.51. The number of likely N-dealkylation sites (N-methyl/N-ethyl adjacent to an activating group) is 1. The van der Waals surface area contributed by atoms with Gasteiger partial charge in [-0.3, -0.25) is 19.3 Å². The molecule has 0 saturated carbocycles. The van der Waals surface area contributed by atoms with Gasteiger partial charge in [0.1, 0.15) is 12.1 Å². The minimum atomic E-state index is -0.419. The Morgan fingerprint density at radius 1 is 1.15 bits per heavy atom. The van der Waals surface area contributed by atoms with Gasteiger partial charge in [0.05, 0.1) is 32.1 Å². The van der Waals surface area contributed by atoms with E-state index < -0.39 is 5.91 Å². The number of nitrogens with one attached hydrogen (secondary N) is 1. The molecule has 0 bridgehead atoms. The van der Waals surface area contributed by atoms with Gasteiger partial charge in [-0.2, -0.15) is 0 Å². The topological polar surface area (TPSA) is 115 Å². The highest BCUT2D eigenvalue weighted by atomic mass is 32.2. The number of aldehydes is 1. The molecule has 2 heterocycles. The van der Waals surface area contributed by atoms with E-state index in [1.807, 2.05) is 30.3 Å². The molecule has 4 rings (SSSR count). The Labute approximate surface area is 238 Å². The standard InChI is InChI=1S/C29H35N5O5S/c1-32(28(38)11-6-15-35)21-27(37)30-19-22-20-34(13-12-33(22)14-17-39-18-16-36)29-23-7-2-4-9-25(23)40-26-10-5-3-8-24(26)31-29/h2-11,15,22,36H,12-14,16-21H2,1H3,(H,30,37)/b11-6-. The van der Waals surface area contributed by atoms with E-state index in [9.17, 15) is 14.4 Å². The van der Waals surface area contributed by atoms with Gasteiger partial charge in [-0.05, 0) is 24.3 Å². The van der Waals surface area contributed by atoms with Gasteiger partial charge < -0.3 is 25.0 Å². The van der Waals surface area contributed by atoms with E-state index in [4.69, 9.17) is 14.8 Å². The van der Waals surface area contributed by atoms with Crippen molar-refractivity contribution in [2.45, 2.75) is 15.8 Å². The number of carbonyl (C=O) groups is 3. The van der Waals surface area contributed by atoms with Crippen molar-refractivity contribution in [3.8, 4) is 0 Å². The summed E-state index contributed by atoms with van der Waals surface area (Å²) >= 11 is 1.71. The van der Waals surface area contributed by atoms with Crippen LogP contribution in [0.25, 0.3) is 0 Å². The van der Waals surface area contributed by atoms with Gasteiger partial charge in [-0.1, -0.05) is 42.1 Å². The quantitative estimate of drug-likeness (QED) is 0.240. The Kier molecular flexibility index (Phi) is 10.9. The summed E-state index contributed by atoms with van der Waals surface area (Å²) in [6.45, 7) is 3.78. The van der Waals surface area contributed by atoms with E-state index in [2.05, 4.69) is 33.3 Å². The van der Waals surface area contributed by atoms with Crippen molar-refractivity contribution >= 4 is 41.4 Å². The molecular formula is C29H35N5O5S. The number of hydrogen-bond donors (Lipinski definition) is 2. The molecule has 1 unspecified atom stereocenters. The molecule has 2 aliphatic rings. The van der Waals surface area contributed by atoms with Crippen molar-refractivity contribution in [2.75, 3.05) is 66.1 Å². The lowest BCUT2D eigenvalue weighted by Gasteiger charge is -2.43. The van der Waals surface area contributed by atoms with Crippen LogP contribution in [0, 0.1) is 0 Å². The van der Waals surface area contributed by atoms with Gasteiger partial charge in [0.2, 0.25) is 11.8 Å². The van der Waals surface area contributed by atoms with Crippen LogP contribution in [0.4, 0.5) is 5.69 Å². The second-order valence-electron chi connectivity index (χ2n) is 9.47. The minimum absolute atomic E-state index is 0.0275. The number of hydrogen-bond acceptors (Lipinski definition) is 9. The van der Waals surface area contributed by atoms with Crippen LogP contribution in [-0.2, 0) is 19.1 Å². The Balaban J connectivity index is 1.50. The number of fused-ring (bicyclic) bond motifs is 2. The molecule has 2 aromatic carbocycles. The Morgan fingerprint density at radius 2 is 1.93 bits per heavy atom. The van der Waals surface area contributed by atoms with E-state index in [0.717, 1.165) is 52.1 Å². The number of aliphatic imine (C=N–C) groups is 1. The zero-order valence-electron chi connectivity index (χ0n) is 22.6. The predicted octanol–water partition coefficient (Wildman–Crippen LogP) is 1.55. The highest BCUT2D eigenvalue weighted by Gasteiger charge is 2.31. The monoisotopic (exact) mass is 565 g/mol. The normalized spacial score (nSPS) is 17.0. The summed E-state index contributed by atoms with van der Waals surface area (Å²) in [7, 11) is 1.52. The number of piperazine rings is 1. The molecule has 0 spiro atoms. The third-order valence-corrected chi connectivity index (χ3v) is 7.85. The molecule has 0 aliphatic carbocycles. The van der Waals surface area contributed by atoms with Crippen LogP contribution in [0.3, 0.4) is 0 Å². The average Bonchev–Trinajstić information content (AvgIpc) is 3.14. The van der Waals surface area contributed by atoms with Crippen molar-refractivity contribution < 1.29 is 24.2 Å². The van der Waals surface area contributed by atoms with Crippen molar-refractivity contribution in [2.24, 2.45) is 4.99 Å². The lowest BCUT2D eigenvalue weighted by atomic mass is 10.1. The highest BCUT2D eigenvalue weighted by molar-refractivity contribution is 7.99. The molecule has 0 aromatic heterocycles. The molecule has 212 valence electrons. The van der Waals surface area contributed by atoms with E-state index >= 15 is 0 Å². The maximum absolute atomic E-state index is 12.7. The first-order valence-corrected chi connectivity index (χ1v) is 14.1. The van der Waals surface area contributed by atoms with Gasteiger partial charge in [0.25, 0.3) is 0 Å². The van der Waals surface area contributed by atoms with Crippen LogP contribution < -0.4 is 5.32 Å². The van der Waals surface area contributed by atoms with E-state index in [1.54, 1.807) is 11.8 Å². The number of nitrogens with zero attached hydrogens (tertiary/aromatic N) is 4. The van der Waals surface area contributed by atoms with Gasteiger partial charge in [0, 0.05) is 67.2 Å². The number of carbonyl (C=O) groups excluding carboxylic acids is 3. The second kappa shape index (κ2) is 14.8. The fourth-order valence-corrected chi connectivity index (χ4v) is 5.68. The largest absolute Gasteiger partial charge is 0.394 e. The van der Waals surface area contributed by atoms with Crippen LogP contribution in [0.5, 0.6) is 0 Å².